The first-order chi connectivity index (χ1) is 13.1. The predicted octanol–water partition coefficient (Wildman–Crippen LogP) is 3.51. The number of hydrogen-bond acceptors (Lipinski definition) is 4. The average molecular weight is 398 g/mol. The van der Waals surface area contributed by atoms with Gasteiger partial charge in [0.1, 0.15) is 16.7 Å². The SMILES string of the molecule is CNC(=O)/C(C#N)=C1/S[C@@H](Cc2ccccc2Cl)C(=O)N1c1ccccc1. The van der Waals surface area contributed by atoms with Crippen LogP contribution in [0.2, 0.25) is 5.02 Å². The minimum atomic E-state index is -0.521. The summed E-state index contributed by atoms with van der Waals surface area (Å²) in [6.45, 7) is 0. The van der Waals surface area contributed by atoms with E-state index < -0.39 is 11.2 Å². The van der Waals surface area contributed by atoms with Gasteiger partial charge in [0, 0.05) is 17.8 Å². The molecule has 0 radical (unpaired) electrons. The van der Waals surface area contributed by atoms with E-state index in [-0.39, 0.29) is 11.5 Å². The molecule has 1 saturated heterocycles. The van der Waals surface area contributed by atoms with Crippen molar-refractivity contribution in [3.8, 4) is 6.07 Å². The van der Waals surface area contributed by atoms with E-state index in [0.717, 1.165) is 5.56 Å². The van der Waals surface area contributed by atoms with Gasteiger partial charge in [-0.3, -0.25) is 14.5 Å². The standard InChI is InChI=1S/C20H16ClN3O2S/c1-23-18(25)15(12-22)20-24(14-8-3-2-4-9-14)19(26)17(27-20)11-13-7-5-6-10-16(13)21/h2-10,17H,11H2,1H3,(H,23,25)/b20-15+/t17-/m0/s1. The van der Waals surface area contributed by atoms with Crippen molar-refractivity contribution in [3.05, 3.63) is 75.8 Å². The molecule has 1 fully saturated rings. The van der Waals surface area contributed by atoms with Crippen LogP contribution in [-0.2, 0) is 16.0 Å². The van der Waals surface area contributed by atoms with E-state index in [0.29, 0.717) is 22.2 Å². The summed E-state index contributed by atoms with van der Waals surface area (Å²) >= 11 is 7.46. The average Bonchev–Trinajstić information content (AvgIpc) is 3.00. The lowest BCUT2D eigenvalue weighted by molar-refractivity contribution is -0.117. The van der Waals surface area contributed by atoms with Crippen molar-refractivity contribution in [1.29, 1.82) is 5.26 Å². The zero-order valence-electron chi connectivity index (χ0n) is 14.5. The summed E-state index contributed by atoms with van der Waals surface area (Å²) in [4.78, 5) is 26.8. The van der Waals surface area contributed by atoms with Gasteiger partial charge in [-0.05, 0) is 30.2 Å². The highest BCUT2D eigenvalue weighted by Crippen LogP contribution is 2.42. The van der Waals surface area contributed by atoms with Crippen molar-refractivity contribution >= 4 is 40.9 Å². The molecule has 1 N–H and O–H groups in total. The summed E-state index contributed by atoms with van der Waals surface area (Å²) in [7, 11) is 1.45. The van der Waals surface area contributed by atoms with Crippen LogP contribution in [0, 0.1) is 11.3 Å². The van der Waals surface area contributed by atoms with Gasteiger partial charge in [0.15, 0.2) is 0 Å². The number of nitrogens with zero attached hydrogens (tertiary/aromatic N) is 2. The first kappa shape index (κ1) is 19.0. The molecule has 136 valence electrons. The number of carbonyl (C=O) groups is 2. The summed E-state index contributed by atoms with van der Waals surface area (Å²) in [6.07, 6.45) is 0.405. The lowest BCUT2D eigenvalue weighted by atomic mass is 10.1. The second-order valence-corrected chi connectivity index (χ2v) is 7.38. The van der Waals surface area contributed by atoms with Crippen LogP contribution in [0.5, 0.6) is 0 Å². The molecule has 5 nitrogen and oxygen atoms in total. The molecule has 0 unspecified atom stereocenters. The largest absolute Gasteiger partial charge is 0.354 e. The number of carbonyl (C=O) groups excluding carboxylic acids is 2. The van der Waals surface area contributed by atoms with Crippen LogP contribution in [0.3, 0.4) is 0 Å². The van der Waals surface area contributed by atoms with Crippen molar-refractivity contribution in [2.24, 2.45) is 0 Å². The van der Waals surface area contributed by atoms with Crippen LogP contribution in [-0.4, -0.2) is 24.1 Å². The Morgan fingerprint density at radius 3 is 2.52 bits per heavy atom. The highest BCUT2D eigenvalue weighted by Gasteiger charge is 2.40. The van der Waals surface area contributed by atoms with Gasteiger partial charge in [0.05, 0.1) is 5.25 Å². The van der Waals surface area contributed by atoms with Crippen LogP contribution >= 0.6 is 23.4 Å². The molecular weight excluding hydrogens is 382 g/mol. The minimum Gasteiger partial charge on any atom is -0.354 e. The molecule has 1 heterocycles. The third kappa shape index (κ3) is 3.85. The first-order valence-electron chi connectivity index (χ1n) is 8.22. The number of halogens is 1. The van der Waals surface area contributed by atoms with Gasteiger partial charge in [-0.15, -0.1) is 0 Å². The Bertz CT molecular complexity index is 953. The van der Waals surface area contributed by atoms with Crippen molar-refractivity contribution in [2.45, 2.75) is 11.7 Å². The summed E-state index contributed by atoms with van der Waals surface area (Å²) in [5.41, 5.74) is 1.38. The molecule has 27 heavy (non-hydrogen) atoms. The van der Waals surface area contributed by atoms with E-state index in [2.05, 4.69) is 5.32 Å². The van der Waals surface area contributed by atoms with Crippen LogP contribution in [0.25, 0.3) is 0 Å². The molecule has 3 rings (SSSR count). The summed E-state index contributed by atoms with van der Waals surface area (Å²) < 4.78 is 0. The number of hydrogen-bond donors (Lipinski definition) is 1. The Morgan fingerprint density at radius 2 is 1.89 bits per heavy atom. The first-order valence-corrected chi connectivity index (χ1v) is 9.48. The predicted molar refractivity (Wildman–Crippen MR) is 107 cm³/mol. The number of rotatable bonds is 4. The fourth-order valence-electron chi connectivity index (χ4n) is 2.79. The molecule has 0 aromatic heterocycles. The number of likely N-dealkylation sites (N-methyl/N-ethyl adjacent to an activating group) is 1. The van der Waals surface area contributed by atoms with E-state index >= 15 is 0 Å². The Labute approximate surface area is 166 Å². The molecule has 0 aliphatic carbocycles. The molecule has 0 spiro atoms. The Balaban J connectivity index is 2.05. The molecule has 2 amide bonds. The zero-order valence-corrected chi connectivity index (χ0v) is 16.1. The maximum Gasteiger partial charge on any atom is 0.264 e. The number of anilines is 1. The Kier molecular flexibility index (Phi) is 5.84. The number of nitrogens with one attached hydrogen (secondary N) is 1. The number of nitriles is 1. The van der Waals surface area contributed by atoms with Gasteiger partial charge in [-0.1, -0.05) is 59.8 Å². The maximum atomic E-state index is 13.2. The van der Waals surface area contributed by atoms with Gasteiger partial charge in [-0.2, -0.15) is 5.26 Å². The second-order valence-electron chi connectivity index (χ2n) is 5.78. The molecule has 1 atom stereocenters. The van der Waals surface area contributed by atoms with E-state index in [1.165, 1.54) is 23.7 Å². The number of thioether (sulfide) groups is 1. The third-order valence-corrected chi connectivity index (χ3v) is 5.74. The van der Waals surface area contributed by atoms with Crippen LogP contribution in [0.4, 0.5) is 5.69 Å². The Hall–Kier alpha value is -2.75. The normalized spacial score (nSPS) is 18.2. The van der Waals surface area contributed by atoms with E-state index in [4.69, 9.17) is 11.6 Å². The van der Waals surface area contributed by atoms with Crippen LogP contribution < -0.4 is 10.2 Å². The molecular formula is C20H16ClN3O2S. The second kappa shape index (κ2) is 8.30. The third-order valence-electron chi connectivity index (χ3n) is 4.11. The fraction of sp³-hybridized carbons (Fsp3) is 0.150. The van der Waals surface area contributed by atoms with E-state index in [1.807, 2.05) is 30.3 Å². The molecule has 2 aromatic carbocycles. The van der Waals surface area contributed by atoms with E-state index in [1.54, 1.807) is 30.3 Å². The quantitative estimate of drug-likeness (QED) is 0.632. The number of benzene rings is 2. The van der Waals surface area contributed by atoms with Crippen molar-refractivity contribution in [1.82, 2.24) is 5.32 Å². The molecule has 1 aliphatic heterocycles. The lowest BCUT2D eigenvalue weighted by Crippen LogP contribution is -2.31. The van der Waals surface area contributed by atoms with Crippen molar-refractivity contribution < 1.29 is 9.59 Å². The topological polar surface area (TPSA) is 73.2 Å². The van der Waals surface area contributed by atoms with Crippen LogP contribution in [0.1, 0.15) is 5.56 Å². The molecule has 7 heteroatoms. The summed E-state index contributed by atoms with van der Waals surface area (Å²) in [5.74, 6) is -0.704. The monoisotopic (exact) mass is 397 g/mol. The number of para-hydroxylation sites is 1. The van der Waals surface area contributed by atoms with E-state index in [9.17, 15) is 14.9 Å². The minimum absolute atomic E-state index is 0.0821. The van der Waals surface area contributed by atoms with Crippen molar-refractivity contribution in [3.63, 3.8) is 0 Å². The zero-order chi connectivity index (χ0) is 19.4. The van der Waals surface area contributed by atoms with Gasteiger partial charge < -0.3 is 5.32 Å². The molecule has 2 aromatic rings. The summed E-state index contributed by atoms with van der Waals surface area (Å²) in [6, 6.07) is 18.3. The van der Waals surface area contributed by atoms with Gasteiger partial charge in [-0.25, -0.2) is 0 Å². The Morgan fingerprint density at radius 1 is 1.22 bits per heavy atom. The van der Waals surface area contributed by atoms with Crippen molar-refractivity contribution in [2.75, 3.05) is 11.9 Å². The molecule has 0 bridgehead atoms. The van der Waals surface area contributed by atoms with Gasteiger partial charge >= 0.3 is 0 Å². The molecule has 0 saturated carbocycles. The fourth-order valence-corrected chi connectivity index (χ4v) is 4.30. The van der Waals surface area contributed by atoms with Crippen LogP contribution in [0.15, 0.2) is 65.2 Å². The van der Waals surface area contributed by atoms with Gasteiger partial charge in [0.2, 0.25) is 5.91 Å². The maximum absolute atomic E-state index is 13.2. The summed E-state index contributed by atoms with van der Waals surface area (Å²) in [5, 5.41) is 12.4. The lowest BCUT2D eigenvalue weighted by Gasteiger charge is -2.18. The smallest absolute Gasteiger partial charge is 0.264 e. The number of amides is 2. The highest BCUT2D eigenvalue weighted by atomic mass is 35.5. The highest BCUT2D eigenvalue weighted by molar-refractivity contribution is 8.05. The van der Waals surface area contributed by atoms with Gasteiger partial charge in [0.25, 0.3) is 5.91 Å². The molecule has 1 aliphatic rings.